The highest BCUT2D eigenvalue weighted by atomic mass is 32.1. The highest BCUT2D eigenvalue weighted by Crippen LogP contribution is 2.38. The Morgan fingerprint density at radius 3 is 2.74 bits per heavy atom. The van der Waals surface area contributed by atoms with E-state index < -0.39 is 17.5 Å². The Morgan fingerprint density at radius 1 is 1.32 bits per heavy atom. The summed E-state index contributed by atoms with van der Waals surface area (Å²) in [4.78, 5) is 44.6. The normalized spacial score (nSPS) is 23.2. The summed E-state index contributed by atoms with van der Waals surface area (Å²) in [6.07, 6.45) is 3.45. The highest BCUT2D eigenvalue weighted by Gasteiger charge is 2.55. The van der Waals surface area contributed by atoms with E-state index in [2.05, 4.69) is 15.6 Å². The average molecular weight is 443 g/mol. The summed E-state index contributed by atoms with van der Waals surface area (Å²) in [6.45, 7) is 3.59. The molecule has 1 aromatic carbocycles. The van der Waals surface area contributed by atoms with Gasteiger partial charge >= 0.3 is 6.03 Å². The number of thiazole rings is 1. The first-order chi connectivity index (χ1) is 14.8. The maximum Gasteiger partial charge on any atom is 0.325 e. The first-order valence-electron chi connectivity index (χ1n) is 10.4. The largest absolute Gasteiger partial charge is 0.497 e. The third kappa shape index (κ3) is 3.89. The molecule has 2 aliphatic rings. The SMILES string of the molecule is COc1ccc(-c2nc(NC(=O)CN3C(=O)N[C@]4(CCCC[C@@H]4C)C3=O)sc2C)cc1. The summed E-state index contributed by atoms with van der Waals surface area (Å²) in [5, 5.41) is 6.03. The van der Waals surface area contributed by atoms with E-state index in [1.165, 1.54) is 11.3 Å². The molecule has 2 heterocycles. The maximum absolute atomic E-state index is 13.0. The maximum atomic E-state index is 13.0. The predicted octanol–water partition coefficient (Wildman–Crippen LogP) is 3.57. The van der Waals surface area contributed by atoms with E-state index in [-0.39, 0.29) is 18.4 Å². The number of benzene rings is 1. The van der Waals surface area contributed by atoms with Crippen molar-refractivity contribution in [3.63, 3.8) is 0 Å². The van der Waals surface area contributed by atoms with Crippen molar-refractivity contribution in [3.8, 4) is 17.0 Å². The van der Waals surface area contributed by atoms with Crippen LogP contribution in [-0.2, 0) is 9.59 Å². The average Bonchev–Trinajstić information content (AvgIpc) is 3.23. The molecule has 1 aliphatic carbocycles. The van der Waals surface area contributed by atoms with Crippen LogP contribution in [0.1, 0.15) is 37.5 Å². The fraction of sp³-hybridized carbons (Fsp3) is 0.455. The van der Waals surface area contributed by atoms with E-state index in [4.69, 9.17) is 4.74 Å². The Kier molecular flexibility index (Phi) is 5.70. The van der Waals surface area contributed by atoms with Crippen LogP contribution in [0.5, 0.6) is 5.75 Å². The van der Waals surface area contributed by atoms with Gasteiger partial charge in [0.1, 0.15) is 17.8 Å². The third-order valence-corrected chi connectivity index (χ3v) is 7.10. The number of anilines is 1. The molecule has 1 spiro atoms. The Labute approximate surface area is 185 Å². The number of hydrogen-bond donors (Lipinski definition) is 2. The number of methoxy groups -OCH3 is 1. The van der Waals surface area contributed by atoms with Crippen molar-refractivity contribution in [1.82, 2.24) is 15.2 Å². The Balaban J connectivity index is 1.44. The van der Waals surface area contributed by atoms with Crippen LogP contribution in [0.2, 0.25) is 0 Å². The zero-order valence-electron chi connectivity index (χ0n) is 17.9. The molecule has 2 N–H and O–H groups in total. The fourth-order valence-corrected chi connectivity index (χ4v) is 5.26. The molecular formula is C22H26N4O4S. The van der Waals surface area contributed by atoms with Crippen molar-refractivity contribution in [2.24, 2.45) is 5.92 Å². The van der Waals surface area contributed by atoms with Crippen molar-refractivity contribution in [1.29, 1.82) is 0 Å². The Hall–Kier alpha value is -2.94. The van der Waals surface area contributed by atoms with E-state index in [0.29, 0.717) is 11.6 Å². The summed E-state index contributed by atoms with van der Waals surface area (Å²) in [7, 11) is 1.61. The number of hydrogen-bond acceptors (Lipinski definition) is 6. The monoisotopic (exact) mass is 442 g/mol. The van der Waals surface area contributed by atoms with E-state index in [1.807, 2.05) is 38.1 Å². The first kappa shape index (κ1) is 21.3. The summed E-state index contributed by atoms with van der Waals surface area (Å²) in [5.41, 5.74) is 0.819. The minimum atomic E-state index is -0.866. The van der Waals surface area contributed by atoms with Crippen LogP contribution >= 0.6 is 11.3 Å². The smallest absolute Gasteiger partial charge is 0.325 e. The molecule has 1 aliphatic heterocycles. The number of carbonyl (C=O) groups excluding carboxylic acids is 3. The summed E-state index contributed by atoms with van der Waals surface area (Å²) >= 11 is 1.35. The zero-order chi connectivity index (χ0) is 22.2. The standard InChI is InChI=1S/C22H26N4O4S/c1-13-6-4-5-11-22(13)19(28)26(21(29)25-22)12-17(27)23-20-24-18(14(2)31-20)15-7-9-16(30-3)10-8-15/h7-10,13H,4-6,11-12H2,1-3H3,(H,25,29)(H,23,24,27)/t13-,22-/m0/s1. The van der Waals surface area contributed by atoms with Gasteiger partial charge in [0.15, 0.2) is 5.13 Å². The second-order valence-corrected chi connectivity index (χ2v) is 9.34. The lowest BCUT2D eigenvalue weighted by Gasteiger charge is -2.36. The molecule has 1 saturated heterocycles. The Bertz CT molecular complexity index is 1020. The molecule has 9 heteroatoms. The number of carbonyl (C=O) groups is 3. The number of ether oxygens (including phenoxy) is 1. The number of amides is 4. The molecule has 2 fully saturated rings. The minimum absolute atomic E-state index is 0.0550. The number of nitrogens with one attached hydrogen (secondary N) is 2. The molecule has 164 valence electrons. The molecule has 0 bridgehead atoms. The van der Waals surface area contributed by atoms with Gasteiger partial charge in [0.05, 0.1) is 12.8 Å². The van der Waals surface area contributed by atoms with Crippen molar-refractivity contribution in [2.45, 2.75) is 45.1 Å². The van der Waals surface area contributed by atoms with Crippen LogP contribution < -0.4 is 15.4 Å². The van der Waals surface area contributed by atoms with Crippen molar-refractivity contribution < 1.29 is 19.1 Å². The second-order valence-electron chi connectivity index (χ2n) is 8.14. The van der Waals surface area contributed by atoms with Crippen LogP contribution in [0, 0.1) is 12.8 Å². The van der Waals surface area contributed by atoms with Gasteiger partial charge in [-0.25, -0.2) is 9.78 Å². The van der Waals surface area contributed by atoms with E-state index in [0.717, 1.165) is 46.0 Å². The van der Waals surface area contributed by atoms with Crippen LogP contribution in [0.3, 0.4) is 0 Å². The van der Waals surface area contributed by atoms with Gasteiger partial charge < -0.3 is 15.4 Å². The van der Waals surface area contributed by atoms with Crippen molar-refractivity contribution in [3.05, 3.63) is 29.1 Å². The van der Waals surface area contributed by atoms with Gasteiger partial charge in [0, 0.05) is 10.4 Å². The molecule has 1 saturated carbocycles. The highest BCUT2D eigenvalue weighted by molar-refractivity contribution is 7.16. The number of rotatable bonds is 5. The van der Waals surface area contributed by atoms with Crippen molar-refractivity contribution >= 4 is 34.3 Å². The van der Waals surface area contributed by atoms with Gasteiger partial charge in [-0.2, -0.15) is 0 Å². The number of urea groups is 1. The molecule has 1 aromatic heterocycles. The fourth-order valence-electron chi connectivity index (χ4n) is 4.41. The number of aromatic nitrogens is 1. The van der Waals surface area contributed by atoms with Crippen LogP contribution in [0.15, 0.2) is 24.3 Å². The summed E-state index contributed by atoms with van der Waals surface area (Å²) in [5.74, 6) is 0.0661. The minimum Gasteiger partial charge on any atom is -0.497 e. The second kappa shape index (κ2) is 8.30. The number of imide groups is 1. The molecule has 2 aromatic rings. The van der Waals surface area contributed by atoms with E-state index >= 15 is 0 Å². The van der Waals surface area contributed by atoms with Gasteiger partial charge in [-0.1, -0.05) is 19.8 Å². The molecule has 4 amide bonds. The number of aryl methyl sites for hydroxylation is 1. The van der Waals surface area contributed by atoms with Gasteiger partial charge in [0.2, 0.25) is 5.91 Å². The lowest BCUT2D eigenvalue weighted by atomic mass is 9.73. The molecular weight excluding hydrogens is 416 g/mol. The van der Waals surface area contributed by atoms with E-state index in [1.54, 1.807) is 7.11 Å². The molecule has 0 radical (unpaired) electrons. The topological polar surface area (TPSA) is 101 Å². The van der Waals surface area contributed by atoms with Crippen LogP contribution in [0.4, 0.5) is 9.93 Å². The summed E-state index contributed by atoms with van der Waals surface area (Å²) in [6, 6.07) is 7.02. The quantitative estimate of drug-likeness (QED) is 0.690. The van der Waals surface area contributed by atoms with Gasteiger partial charge in [-0.3, -0.25) is 14.5 Å². The van der Waals surface area contributed by atoms with Gasteiger partial charge in [-0.05, 0) is 49.9 Å². The molecule has 4 rings (SSSR count). The Morgan fingerprint density at radius 2 is 2.06 bits per heavy atom. The van der Waals surface area contributed by atoms with Gasteiger partial charge in [-0.15, -0.1) is 11.3 Å². The third-order valence-electron chi connectivity index (χ3n) is 6.21. The molecule has 2 atom stereocenters. The lowest BCUT2D eigenvalue weighted by molar-refractivity contribution is -0.136. The first-order valence-corrected chi connectivity index (χ1v) is 11.2. The molecule has 8 nitrogen and oxygen atoms in total. The van der Waals surface area contributed by atoms with Crippen LogP contribution in [0.25, 0.3) is 11.3 Å². The zero-order valence-corrected chi connectivity index (χ0v) is 18.7. The van der Waals surface area contributed by atoms with Crippen LogP contribution in [-0.4, -0.2) is 46.9 Å². The van der Waals surface area contributed by atoms with E-state index in [9.17, 15) is 14.4 Å². The van der Waals surface area contributed by atoms with Gasteiger partial charge in [0.25, 0.3) is 5.91 Å². The number of nitrogens with zero attached hydrogens (tertiary/aromatic N) is 2. The lowest BCUT2D eigenvalue weighted by Crippen LogP contribution is -2.54. The molecule has 0 unspecified atom stereocenters. The van der Waals surface area contributed by atoms with Crippen molar-refractivity contribution in [2.75, 3.05) is 19.0 Å². The predicted molar refractivity (Wildman–Crippen MR) is 118 cm³/mol. The summed E-state index contributed by atoms with van der Waals surface area (Å²) < 4.78 is 5.18. The molecule has 31 heavy (non-hydrogen) atoms.